The van der Waals surface area contributed by atoms with E-state index in [-0.39, 0.29) is 45.5 Å². The van der Waals surface area contributed by atoms with Crippen LogP contribution in [0.25, 0.3) is 22.6 Å². The number of halogens is 3. The van der Waals surface area contributed by atoms with Crippen molar-refractivity contribution in [3.8, 4) is 23.3 Å². The molecule has 0 aromatic carbocycles. The summed E-state index contributed by atoms with van der Waals surface area (Å²) in [5.74, 6) is 0.0329. The summed E-state index contributed by atoms with van der Waals surface area (Å²) >= 11 is 0. The third-order valence-corrected chi connectivity index (χ3v) is 7.13. The first kappa shape index (κ1) is 22.0. The Morgan fingerprint density at radius 1 is 1.25 bits per heavy atom. The van der Waals surface area contributed by atoms with Crippen LogP contribution in [0.15, 0.2) is 29.4 Å². The minimum Gasteiger partial charge on any atom is -0.489 e. The second-order valence-corrected chi connectivity index (χ2v) is 9.76. The fourth-order valence-electron chi connectivity index (χ4n) is 3.47. The molecule has 0 radical (unpaired) electrons. The van der Waals surface area contributed by atoms with Crippen molar-refractivity contribution in [3.05, 3.63) is 30.2 Å². The van der Waals surface area contributed by atoms with E-state index in [4.69, 9.17) is 10.00 Å². The molecule has 1 saturated carbocycles. The van der Waals surface area contributed by atoms with Crippen molar-refractivity contribution in [1.29, 1.82) is 5.26 Å². The molecule has 0 N–H and O–H groups in total. The van der Waals surface area contributed by atoms with E-state index in [0.29, 0.717) is 18.4 Å². The van der Waals surface area contributed by atoms with E-state index in [9.17, 15) is 21.6 Å². The number of fused-ring (bicyclic) bond motifs is 1. The Labute approximate surface area is 181 Å². The summed E-state index contributed by atoms with van der Waals surface area (Å²) in [5.41, 5.74) is -0.769. The zero-order valence-corrected chi connectivity index (χ0v) is 17.9. The third kappa shape index (κ3) is 3.88. The fraction of sp³-hybridized carbons (Fsp3) is 0.400. The topological polar surface area (TPSA) is 111 Å². The number of ether oxygens (including phenoxy) is 1. The minimum absolute atomic E-state index is 0.00923. The number of rotatable bonds is 5. The maximum Gasteiger partial charge on any atom is 0.433 e. The Hall–Kier alpha value is -3.20. The van der Waals surface area contributed by atoms with Crippen molar-refractivity contribution >= 4 is 20.9 Å². The summed E-state index contributed by atoms with van der Waals surface area (Å²) in [6.07, 6.45) is -1.34. The maximum atomic E-state index is 13.0. The van der Waals surface area contributed by atoms with Gasteiger partial charge in [0.15, 0.2) is 15.7 Å². The molecule has 4 rings (SSSR count). The molecular formula is C20H18F3N5O3S. The molecule has 12 heteroatoms. The highest BCUT2D eigenvalue weighted by molar-refractivity contribution is 7.91. The second kappa shape index (κ2) is 7.74. The number of hydrogen-bond acceptors (Lipinski definition) is 7. The second-order valence-electron chi connectivity index (χ2n) is 7.51. The molecule has 3 aromatic rings. The highest BCUT2D eigenvalue weighted by Gasteiger charge is 2.34. The lowest BCUT2D eigenvalue weighted by Gasteiger charge is -2.30. The summed E-state index contributed by atoms with van der Waals surface area (Å²) in [6.45, 7) is 1.48. The normalized spacial score (nSPS) is 18.9. The van der Waals surface area contributed by atoms with Crippen LogP contribution in [0.2, 0.25) is 0 Å². The summed E-state index contributed by atoms with van der Waals surface area (Å²) in [7, 11) is -2.22. The molecule has 0 unspecified atom stereocenters. The average molecular weight is 465 g/mol. The number of nitrogens with zero attached hydrogens (tertiary/aromatic N) is 5. The molecule has 3 heterocycles. The molecule has 0 bridgehead atoms. The van der Waals surface area contributed by atoms with Crippen LogP contribution in [-0.4, -0.2) is 39.8 Å². The lowest BCUT2D eigenvalue weighted by atomic mass is 9.83. The predicted molar refractivity (Wildman–Crippen MR) is 107 cm³/mol. The summed E-state index contributed by atoms with van der Waals surface area (Å²) < 4.78 is 71.8. The van der Waals surface area contributed by atoms with E-state index in [1.54, 1.807) is 7.05 Å². The van der Waals surface area contributed by atoms with Gasteiger partial charge in [-0.3, -0.25) is 0 Å². The van der Waals surface area contributed by atoms with Gasteiger partial charge < -0.3 is 9.30 Å². The number of alkyl halides is 3. The quantitative estimate of drug-likeness (QED) is 0.567. The summed E-state index contributed by atoms with van der Waals surface area (Å²) in [4.78, 5) is 11.8. The molecule has 168 valence electrons. The molecule has 1 aliphatic rings. The number of sulfone groups is 1. The molecule has 1 fully saturated rings. The van der Waals surface area contributed by atoms with Gasteiger partial charge in [0.05, 0.1) is 41.2 Å². The van der Waals surface area contributed by atoms with Crippen molar-refractivity contribution in [2.45, 2.75) is 36.9 Å². The third-order valence-electron chi connectivity index (χ3n) is 5.39. The molecule has 0 atom stereocenters. The van der Waals surface area contributed by atoms with Crippen molar-refractivity contribution in [2.24, 2.45) is 13.0 Å². The van der Waals surface area contributed by atoms with E-state index >= 15 is 0 Å². The number of nitriles is 1. The Morgan fingerprint density at radius 2 is 1.97 bits per heavy atom. The molecule has 0 spiro atoms. The first-order chi connectivity index (χ1) is 15.0. The van der Waals surface area contributed by atoms with Gasteiger partial charge in [0.2, 0.25) is 0 Å². The molecule has 32 heavy (non-hydrogen) atoms. The molecule has 0 saturated heterocycles. The predicted octanol–water partition coefficient (Wildman–Crippen LogP) is 3.52. The van der Waals surface area contributed by atoms with Crippen LogP contribution in [0.1, 0.15) is 25.5 Å². The Kier molecular flexibility index (Phi) is 5.32. The van der Waals surface area contributed by atoms with Crippen LogP contribution in [0.3, 0.4) is 0 Å². The van der Waals surface area contributed by atoms with Gasteiger partial charge in [-0.05, 0) is 6.07 Å². The standard InChI is InChI=1S/C20H18F3N5O3S/c1-3-32(29,30)16-6-13(31-12-4-11(5-12)8-24)9-26-18(16)19-27-14-7-17(20(21,22)23)25-10-15(14)28(19)2/h6-7,9-12H,3-5H2,1-2H3. The van der Waals surface area contributed by atoms with Gasteiger partial charge in [-0.1, -0.05) is 6.92 Å². The van der Waals surface area contributed by atoms with Crippen LogP contribution in [-0.2, 0) is 23.1 Å². The highest BCUT2D eigenvalue weighted by Crippen LogP contribution is 2.35. The Morgan fingerprint density at radius 3 is 2.59 bits per heavy atom. The zero-order valence-electron chi connectivity index (χ0n) is 17.1. The largest absolute Gasteiger partial charge is 0.489 e. The summed E-state index contributed by atoms with van der Waals surface area (Å²) in [6, 6.07) is 4.31. The number of aryl methyl sites for hydroxylation is 1. The number of hydrogen-bond donors (Lipinski definition) is 0. The Bertz CT molecular complexity index is 1340. The Balaban J connectivity index is 1.79. The van der Waals surface area contributed by atoms with Crippen molar-refractivity contribution in [3.63, 3.8) is 0 Å². The van der Waals surface area contributed by atoms with Gasteiger partial charge in [-0.25, -0.2) is 23.4 Å². The van der Waals surface area contributed by atoms with Crippen molar-refractivity contribution < 1.29 is 26.3 Å². The molecule has 8 nitrogen and oxygen atoms in total. The van der Waals surface area contributed by atoms with E-state index in [1.165, 1.54) is 23.8 Å². The van der Waals surface area contributed by atoms with Crippen LogP contribution in [0.5, 0.6) is 5.75 Å². The van der Waals surface area contributed by atoms with Gasteiger partial charge in [0, 0.05) is 26.0 Å². The first-order valence-electron chi connectivity index (χ1n) is 9.72. The number of pyridine rings is 2. The van der Waals surface area contributed by atoms with Crippen LogP contribution >= 0.6 is 0 Å². The SMILES string of the molecule is CCS(=O)(=O)c1cc(OC2CC(C#N)C2)cnc1-c1nc2cc(C(F)(F)F)ncc2n1C. The smallest absolute Gasteiger partial charge is 0.433 e. The van der Waals surface area contributed by atoms with Crippen LogP contribution < -0.4 is 4.74 Å². The van der Waals surface area contributed by atoms with Gasteiger partial charge in [0.25, 0.3) is 0 Å². The van der Waals surface area contributed by atoms with Gasteiger partial charge in [-0.2, -0.15) is 18.4 Å². The fourth-order valence-corrected chi connectivity index (χ4v) is 4.51. The molecule has 1 aliphatic carbocycles. The lowest BCUT2D eigenvalue weighted by Crippen LogP contribution is -2.32. The molecule has 3 aromatic heterocycles. The van der Waals surface area contributed by atoms with E-state index in [1.807, 2.05) is 0 Å². The molecule has 0 aliphatic heterocycles. The monoisotopic (exact) mass is 465 g/mol. The van der Waals surface area contributed by atoms with Gasteiger partial charge in [-0.15, -0.1) is 0 Å². The average Bonchev–Trinajstić information content (AvgIpc) is 3.05. The number of imidazole rings is 1. The first-order valence-corrected chi connectivity index (χ1v) is 11.4. The zero-order chi connectivity index (χ0) is 23.3. The molecule has 0 amide bonds. The van der Waals surface area contributed by atoms with E-state index in [0.717, 1.165) is 12.3 Å². The lowest BCUT2D eigenvalue weighted by molar-refractivity contribution is -0.141. The minimum atomic E-state index is -4.63. The van der Waals surface area contributed by atoms with Crippen molar-refractivity contribution in [2.75, 3.05) is 5.75 Å². The number of aromatic nitrogens is 4. The summed E-state index contributed by atoms with van der Waals surface area (Å²) in [5, 5.41) is 8.89. The van der Waals surface area contributed by atoms with E-state index < -0.39 is 21.7 Å². The van der Waals surface area contributed by atoms with Crippen LogP contribution in [0, 0.1) is 17.2 Å². The highest BCUT2D eigenvalue weighted by atomic mass is 32.2. The van der Waals surface area contributed by atoms with Crippen LogP contribution in [0.4, 0.5) is 13.2 Å². The van der Waals surface area contributed by atoms with Crippen molar-refractivity contribution in [1.82, 2.24) is 19.5 Å². The van der Waals surface area contributed by atoms with E-state index in [2.05, 4.69) is 21.0 Å². The van der Waals surface area contributed by atoms with Gasteiger partial charge >= 0.3 is 6.18 Å². The van der Waals surface area contributed by atoms with Gasteiger partial charge in [0.1, 0.15) is 28.1 Å². The maximum absolute atomic E-state index is 13.0. The molecular weight excluding hydrogens is 447 g/mol.